The van der Waals surface area contributed by atoms with E-state index in [1.165, 1.54) is 4.88 Å². The van der Waals surface area contributed by atoms with Crippen molar-refractivity contribution >= 4 is 34.8 Å². The standard InChI is InChI=1S/C29H33ClN2O3S/c1-4-20(2)17-31(29(34)24-8-6-5-7-21(24)3)18-28(33)32-15-13-27-25(14-16-36-27)26(32)19-35-23-11-9-22(30)10-12-23/h5-12,14,16,20,26H,4,13,15,17-19H2,1-3H3/t20-,26+/m1/s1. The lowest BCUT2D eigenvalue weighted by molar-refractivity contribution is -0.135. The SMILES string of the molecule is CC[C@@H](C)CN(CC(=O)N1CCc2sccc2[C@@H]1COc1ccc(Cl)cc1)C(=O)c1ccccc1C. The predicted octanol–water partition coefficient (Wildman–Crippen LogP) is 6.40. The molecule has 36 heavy (non-hydrogen) atoms. The van der Waals surface area contributed by atoms with Crippen LogP contribution in [0.15, 0.2) is 60.0 Å². The number of ether oxygens (including phenoxy) is 1. The lowest BCUT2D eigenvalue weighted by Crippen LogP contribution is -2.48. The molecule has 2 atom stereocenters. The molecule has 3 aromatic rings. The van der Waals surface area contributed by atoms with Gasteiger partial charge in [0.05, 0.1) is 6.04 Å². The predicted molar refractivity (Wildman–Crippen MR) is 146 cm³/mol. The van der Waals surface area contributed by atoms with Gasteiger partial charge in [-0.3, -0.25) is 9.59 Å². The molecule has 0 saturated carbocycles. The van der Waals surface area contributed by atoms with Crippen molar-refractivity contribution in [2.24, 2.45) is 5.92 Å². The van der Waals surface area contributed by atoms with Crippen LogP contribution < -0.4 is 4.74 Å². The Hall–Kier alpha value is -2.83. The van der Waals surface area contributed by atoms with E-state index in [0.717, 1.165) is 24.0 Å². The Balaban J connectivity index is 1.55. The van der Waals surface area contributed by atoms with Crippen LogP contribution in [0.3, 0.4) is 0 Å². The van der Waals surface area contributed by atoms with Crippen molar-refractivity contribution in [1.82, 2.24) is 9.80 Å². The number of thiophene rings is 1. The molecular formula is C29H33ClN2O3S. The van der Waals surface area contributed by atoms with Gasteiger partial charge in [-0.15, -0.1) is 11.3 Å². The number of fused-ring (bicyclic) bond motifs is 1. The third-order valence-electron chi connectivity index (χ3n) is 6.85. The summed E-state index contributed by atoms with van der Waals surface area (Å²) in [5, 5.41) is 2.72. The Morgan fingerprint density at radius 3 is 2.64 bits per heavy atom. The van der Waals surface area contributed by atoms with E-state index in [2.05, 4.69) is 25.3 Å². The van der Waals surface area contributed by atoms with Crippen LogP contribution in [-0.4, -0.2) is 47.9 Å². The topological polar surface area (TPSA) is 49.9 Å². The molecule has 2 aromatic carbocycles. The Kier molecular flexibility index (Phi) is 8.70. The summed E-state index contributed by atoms with van der Waals surface area (Å²) in [5.41, 5.74) is 2.70. The van der Waals surface area contributed by atoms with Gasteiger partial charge >= 0.3 is 0 Å². The first-order valence-electron chi connectivity index (χ1n) is 12.5. The summed E-state index contributed by atoms with van der Waals surface area (Å²) in [5.74, 6) is 0.854. The van der Waals surface area contributed by atoms with Crippen molar-refractivity contribution in [1.29, 1.82) is 0 Å². The molecule has 1 aliphatic heterocycles. The summed E-state index contributed by atoms with van der Waals surface area (Å²) >= 11 is 7.73. The Labute approximate surface area is 222 Å². The van der Waals surface area contributed by atoms with Gasteiger partial charge in [0.1, 0.15) is 18.9 Å². The lowest BCUT2D eigenvalue weighted by atomic mass is 10.00. The van der Waals surface area contributed by atoms with E-state index in [9.17, 15) is 9.59 Å². The molecular weight excluding hydrogens is 492 g/mol. The third kappa shape index (κ3) is 6.11. The maximum Gasteiger partial charge on any atom is 0.254 e. The highest BCUT2D eigenvalue weighted by Crippen LogP contribution is 2.34. The summed E-state index contributed by atoms with van der Waals surface area (Å²) in [6, 6.07) is 16.7. The number of hydrogen-bond acceptors (Lipinski definition) is 4. The fourth-order valence-electron chi connectivity index (χ4n) is 4.54. The average molecular weight is 525 g/mol. The van der Waals surface area contributed by atoms with Gasteiger partial charge in [0, 0.05) is 28.6 Å². The van der Waals surface area contributed by atoms with Crippen molar-refractivity contribution in [3.05, 3.63) is 86.6 Å². The van der Waals surface area contributed by atoms with Gasteiger partial charge < -0.3 is 14.5 Å². The van der Waals surface area contributed by atoms with Crippen molar-refractivity contribution < 1.29 is 14.3 Å². The highest BCUT2D eigenvalue weighted by molar-refractivity contribution is 7.10. The quantitative estimate of drug-likeness (QED) is 0.325. The van der Waals surface area contributed by atoms with Crippen molar-refractivity contribution in [3.8, 4) is 5.75 Å². The van der Waals surface area contributed by atoms with Crippen molar-refractivity contribution in [2.45, 2.75) is 39.7 Å². The molecule has 2 heterocycles. The van der Waals surface area contributed by atoms with E-state index in [1.807, 2.05) is 48.2 Å². The highest BCUT2D eigenvalue weighted by Gasteiger charge is 2.34. The van der Waals surface area contributed by atoms with Gasteiger partial charge in [0.2, 0.25) is 5.91 Å². The van der Waals surface area contributed by atoms with Gasteiger partial charge in [-0.1, -0.05) is 50.1 Å². The van der Waals surface area contributed by atoms with Gasteiger partial charge in [-0.25, -0.2) is 0 Å². The number of benzene rings is 2. The summed E-state index contributed by atoms with van der Waals surface area (Å²) in [6.45, 7) is 7.70. The fraction of sp³-hybridized carbons (Fsp3) is 0.379. The number of carbonyl (C=O) groups is 2. The fourth-order valence-corrected chi connectivity index (χ4v) is 5.60. The second-order valence-corrected chi connectivity index (χ2v) is 10.9. The van der Waals surface area contributed by atoms with Gasteiger partial charge in [-0.05, 0) is 72.2 Å². The van der Waals surface area contributed by atoms with Crippen LogP contribution in [0.25, 0.3) is 0 Å². The van der Waals surface area contributed by atoms with Crippen molar-refractivity contribution in [2.75, 3.05) is 26.2 Å². The first-order valence-corrected chi connectivity index (χ1v) is 13.7. The van der Waals surface area contributed by atoms with Crippen LogP contribution >= 0.6 is 22.9 Å². The lowest BCUT2D eigenvalue weighted by Gasteiger charge is -2.37. The maximum atomic E-state index is 13.8. The van der Waals surface area contributed by atoms with Crippen LogP contribution in [0.1, 0.15) is 52.7 Å². The van der Waals surface area contributed by atoms with E-state index in [4.69, 9.17) is 16.3 Å². The molecule has 1 aliphatic rings. The first kappa shape index (κ1) is 26.2. The minimum Gasteiger partial charge on any atom is -0.491 e. The average Bonchev–Trinajstić information content (AvgIpc) is 3.36. The Morgan fingerprint density at radius 2 is 1.92 bits per heavy atom. The number of rotatable bonds is 9. The Morgan fingerprint density at radius 1 is 1.17 bits per heavy atom. The zero-order valence-corrected chi connectivity index (χ0v) is 22.6. The molecule has 0 unspecified atom stereocenters. The van der Waals surface area contributed by atoms with Crippen LogP contribution in [0.5, 0.6) is 5.75 Å². The highest BCUT2D eigenvalue weighted by atomic mass is 35.5. The summed E-state index contributed by atoms with van der Waals surface area (Å²) in [6.07, 6.45) is 1.75. The van der Waals surface area contributed by atoms with E-state index >= 15 is 0 Å². The molecule has 190 valence electrons. The smallest absolute Gasteiger partial charge is 0.254 e. The zero-order chi connectivity index (χ0) is 25.7. The molecule has 0 N–H and O–H groups in total. The number of halogens is 1. The minimum atomic E-state index is -0.206. The number of amides is 2. The van der Waals surface area contributed by atoms with Crippen LogP contribution in [-0.2, 0) is 11.2 Å². The molecule has 0 fully saturated rings. The summed E-state index contributed by atoms with van der Waals surface area (Å²) in [4.78, 5) is 32.2. The molecule has 4 rings (SSSR count). The molecule has 2 amide bonds. The number of aryl methyl sites for hydroxylation is 1. The summed E-state index contributed by atoms with van der Waals surface area (Å²) < 4.78 is 6.10. The second kappa shape index (κ2) is 11.9. The third-order valence-corrected chi connectivity index (χ3v) is 8.10. The molecule has 5 nitrogen and oxygen atoms in total. The zero-order valence-electron chi connectivity index (χ0n) is 21.1. The molecule has 0 bridgehead atoms. The number of carbonyl (C=O) groups excluding carboxylic acids is 2. The van der Waals surface area contributed by atoms with E-state index in [0.29, 0.717) is 41.9 Å². The number of nitrogens with zero attached hydrogens (tertiary/aromatic N) is 2. The van der Waals surface area contributed by atoms with Crippen LogP contribution in [0.4, 0.5) is 0 Å². The molecule has 7 heteroatoms. The van der Waals surface area contributed by atoms with Gasteiger partial charge in [-0.2, -0.15) is 0 Å². The minimum absolute atomic E-state index is 0.0500. The molecule has 0 saturated heterocycles. The normalized spacial score (nSPS) is 15.8. The second-order valence-electron chi connectivity index (χ2n) is 9.43. The maximum absolute atomic E-state index is 13.8. The first-order chi connectivity index (χ1) is 17.4. The van der Waals surface area contributed by atoms with Crippen molar-refractivity contribution in [3.63, 3.8) is 0 Å². The van der Waals surface area contributed by atoms with E-state index in [1.54, 1.807) is 28.4 Å². The molecule has 1 aromatic heterocycles. The molecule has 0 spiro atoms. The van der Waals surface area contributed by atoms with Crippen LogP contribution in [0, 0.1) is 12.8 Å². The van der Waals surface area contributed by atoms with Crippen LogP contribution in [0.2, 0.25) is 5.02 Å². The summed E-state index contributed by atoms with van der Waals surface area (Å²) in [7, 11) is 0. The monoisotopic (exact) mass is 524 g/mol. The molecule has 0 aliphatic carbocycles. The van der Waals surface area contributed by atoms with Gasteiger partial charge in [0.15, 0.2) is 0 Å². The Bertz CT molecular complexity index is 1190. The van der Waals surface area contributed by atoms with E-state index < -0.39 is 0 Å². The number of hydrogen-bond donors (Lipinski definition) is 0. The van der Waals surface area contributed by atoms with Gasteiger partial charge in [0.25, 0.3) is 5.91 Å². The molecule has 0 radical (unpaired) electrons. The largest absolute Gasteiger partial charge is 0.491 e. The van der Waals surface area contributed by atoms with E-state index in [-0.39, 0.29) is 24.4 Å².